The van der Waals surface area contributed by atoms with Crippen molar-refractivity contribution in [3.8, 4) is 11.3 Å². The first-order valence-electron chi connectivity index (χ1n) is 9.87. The summed E-state index contributed by atoms with van der Waals surface area (Å²) in [6.07, 6.45) is 9.94. The molecule has 1 aromatic carbocycles. The Bertz CT molecular complexity index is 812. The number of anilines is 1. The van der Waals surface area contributed by atoms with Crippen molar-refractivity contribution in [2.24, 2.45) is 5.92 Å². The molecule has 0 radical (unpaired) electrons. The Balaban J connectivity index is 1.26. The van der Waals surface area contributed by atoms with Crippen LogP contribution >= 0.6 is 0 Å². The topological polar surface area (TPSA) is 58.1 Å². The number of benzene rings is 1. The summed E-state index contributed by atoms with van der Waals surface area (Å²) in [4.78, 5) is 23.2. The standard InChI is InChI=1S/C22H26N4O/c27-22(23-12-11-17-7-3-1-4-8-17)19-14-26(15-19)21-13-20(24-16-25-21)18-9-5-2-6-10-18/h2,5-7,9-10,13,16,19H,1,3-4,8,11-12,14-15H2,(H,23,27). The van der Waals surface area contributed by atoms with Crippen molar-refractivity contribution in [2.45, 2.75) is 32.1 Å². The fraction of sp³-hybridized carbons (Fsp3) is 0.409. The van der Waals surface area contributed by atoms with Gasteiger partial charge in [0.15, 0.2) is 0 Å². The molecule has 1 aromatic heterocycles. The maximum Gasteiger partial charge on any atom is 0.226 e. The number of allylic oxidation sites excluding steroid dienone is 1. The van der Waals surface area contributed by atoms with Crippen LogP contribution in [0.3, 0.4) is 0 Å². The normalized spacial score (nSPS) is 17.2. The minimum Gasteiger partial charge on any atom is -0.355 e. The minimum atomic E-state index is 0.0560. The number of nitrogens with one attached hydrogen (secondary N) is 1. The lowest BCUT2D eigenvalue weighted by atomic mass is 9.96. The van der Waals surface area contributed by atoms with Gasteiger partial charge in [-0.2, -0.15) is 0 Å². The summed E-state index contributed by atoms with van der Waals surface area (Å²) in [6, 6.07) is 12.1. The van der Waals surface area contributed by atoms with E-state index in [1.807, 2.05) is 36.4 Å². The molecule has 4 rings (SSSR count). The summed E-state index contributed by atoms with van der Waals surface area (Å²) in [5.74, 6) is 1.11. The first kappa shape index (κ1) is 17.7. The van der Waals surface area contributed by atoms with Gasteiger partial charge in [0.2, 0.25) is 5.91 Å². The number of carbonyl (C=O) groups excluding carboxylic acids is 1. The van der Waals surface area contributed by atoms with Crippen LogP contribution in [0.15, 0.2) is 54.4 Å². The van der Waals surface area contributed by atoms with E-state index < -0.39 is 0 Å². The lowest BCUT2D eigenvalue weighted by Gasteiger charge is -2.39. The van der Waals surface area contributed by atoms with Crippen LogP contribution in [0.2, 0.25) is 0 Å². The van der Waals surface area contributed by atoms with Crippen molar-refractivity contribution < 1.29 is 4.79 Å². The minimum absolute atomic E-state index is 0.0560. The van der Waals surface area contributed by atoms with Crippen molar-refractivity contribution >= 4 is 11.7 Å². The molecule has 1 aliphatic heterocycles. The molecule has 27 heavy (non-hydrogen) atoms. The Labute approximate surface area is 160 Å². The molecule has 0 unspecified atom stereocenters. The molecule has 1 aliphatic carbocycles. The zero-order valence-electron chi connectivity index (χ0n) is 15.6. The zero-order valence-corrected chi connectivity index (χ0v) is 15.6. The van der Waals surface area contributed by atoms with Crippen molar-refractivity contribution in [2.75, 3.05) is 24.5 Å². The first-order chi connectivity index (χ1) is 13.3. The van der Waals surface area contributed by atoms with Gasteiger partial charge < -0.3 is 10.2 Å². The van der Waals surface area contributed by atoms with Gasteiger partial charge in [-0.25, -0.2) is 9.97 Å². The third-order valence-corrected chi connectivity index (χ3v) is 5.43. The highest BCUT2D eigenvalue weighted by molar-refractivity contribution is 5.82. The molecule has 140 valence electrons. The highest BCUT2D eigenvalue weighted by Crippen LogP contribution is 2.26. The van der Waals surface area contributed by atoms with E-state index in [2.05, 4.69) is 26.3 Å². The molecule has 0 spiro atoms. The van der Waals surface area contributed by atoms with Crippen LogP contribution in [-0.2, 0) is 4.79 Å². The third-order valence-electron chi connectivity index (χ3n) is 5.43. The monoisotopic (exact) mass is 362 g/mol. The number of rotatable bonds is 6. The van der Waals surface area contributed by atoms with Crippen LogP contribution in [0.25, 0.3) is 11.3 Å². The van der Waals surface area contributed by atoms with Crippen LogP contribution in [0.1, 0.15) is 32.1 Å². The van der Waals surface area contributed by atoms with E-state index in [0.717, 1.165) is 43.1 Å². The molecule has 0 atom stereocenters. The zero-order chi connectivity index (χ0) is 18.5. The number of amides is 1. The lowest BCUT2D eigenvalue weighted by Crippen LogP contribution is -2.54. The Morgan fingerprint density at radius 3 is 2.78 bits per heavy atom. The molecular weight excluding hydrogens is 336 g/mol. The fourth-order valence-electron chi connectivity index (χ4n) is 3.74. The van der Waals surface area contributed by atoms with Crippen LogP contribution in [0.5, 0.6) is 0 Å². The second-order valence-electron chi connectivity index (χ2n) is 7.38. The molecule has 5 heteroatoms. The van der Waals surface area contributed by atoms with E-state index >= 15 is 0 Å². The average Bonchev–Trinajstić information content (AvgIpc) is 2.69. The van der Waals surface area contributed by atoms with Gasteiger partial charge in [-0.05, 0) is 32.1 Å². The summed E-state index contributed by atoms with van der Waals surface area (Å²) in [5, 5.41) is 3.10. The molecular formula is C22H26N4O. The van der Waals surface area contributed by atoms with Crippen LogP contribution in [0.4, 0.5) is 5.82 Å². The SMILES string of the molecule is O=C(NCCC1=CCCCC1)C1CN(c2cc(-c3ccccc3)ncn2)C1. The predicted molar refractivity (Wildman–Crippen MR) is 107 cm³/mol. The molecule has 1 N–H and O–H groups in total. The van der Waals surface area contributed by atoms with Crippen LogP contribution in [0, 0.1) is 5.92 Å². The summed E-state index contributed by atoms with van der Waals surface area (Å²) in [5.41, 5.74) is 3.49. The van der Waals surface area contributed by atoms with E-state index in [0.29, 0.717) is 0 Å². The highest BCUT2D eigenvalue weighted by atomic mass is 16.2. The van der Waals surface area contributed by atoms with Crippen molar-refractivity contribution in [3.63, 3.8) is 0 Å². The second-order valence-corrected chi connectivity index (χ2v) is 7.38. The maximum absolute atomic E-state index is 12.3. The number of carbonyl (C=O) groups is 1. The van der Waals surface area contributed by atoms with E-state index in [4.69, 9.17) is 0 Å². The fourth-order valence-corrected chi connectivity index (χ4v) is 3.74. The highest BCUT2D eigenvalue weighted by Gasteiger charge is 2.33. The van der Waals surface area contributed by atoms with E-state index in [9.17, 15) is 4.79 Å². The van der Waals surface area contributed by atoms with E-state index in [-0.39, 0.29) is 11.8 Å². The molecule has 1 saturated heterocycles. The maximum atomic E-state index is 12.3. The molecule has 5 nitrogen and oxygen atoms in total. The van der Waals surface area contributed by atoms with Gasteiger partial charge in [-0.3, -0.25) is 4.79 Å². The van der Waals surface area contributed by atoms with Gasteiger partial charge in [0.05, 0.1) is 11.6 Å². The molecule has 1 amide bonds. The van der Waals surface area contributed by atoms with Crippen molar-refractivity contribution in [1.82, 2.24) is 15.3 Å². The number of hydrogen-bond acceptors (Lipinski definition) is 4. The van der Waals surface area contributed by atoms with E-state index in [1.165, 1.54) is 31.3 Å². The number of nitrogens with zero attached hydrogens (tertiary/aromatic N) is 3. The van der Waals surface area contributed by atoms with Gasteiger partial charge in [0.1, 0.15) is 12.1 Å². The largest absolute Gasteiger partial charge is 0.355 e. The average molecular weight is 362 g/mol. The molecule has 2 heterocycles. The molecule has 0 saturated carbocycles. The van der Waals surface area contributed by atoms with Crippen LogP contribution < -0.4 is 10.2 Å². The lowest BCUT2D eigenvalue weighted by molar-refractivity contribution is -0.125. The second kappa shape index (κ2) is 8.33. The summed E-state index contributed by atoms with van der Waals surface area (Å²) in [6.45, 7) is 2.20. The Kier molecular flexibility index (Phi) is 5.47. The van der Waals surface area contributed by atoms with Gasteiger partial charge in [0.25, 0.3) is 0 Å². The Morgan fingerprint density at radius 2 is 2.00 bits per heavy atom. The van der Waals surface area contributed by atoms with Crippen molar-refractivity contribution in [1.29, 1.82) is 0 Å². The summed E-state index contributed by atoms with van der Waals surface area (Å²) < 4.78 is 0. The number of aromatic nitrogens is 2. The first-order valence-corrected chi connectivity index (χ1v) is 9.87. The van der Waals surface area contributed by atoms with Gasteiger partial charge in [-0.1, -0.05) is 42.0 Å². The number of hydrogen-bond donors (Lipinski definition) is 1. The smallest absolute Gasteiger partial charge is 0.226 e. The van der Waals surface area contributed by atoms with E-state index in [1.54, 1.807) is 6.33 Å². The Hall–Kier alpha value is -2.69. The third kappa shape index (κ3) is 4.35. The molecule has 2 aliphatic rings. The van der Waals surface area contributed by atoms with Gasteiger partial charge in [-0.15, -0.1) is 0 Å². The van der Waals surface area contributed by atoms with Gasteiger partial charge >= 0.3 is 0 Å². The molecule has 0 bridgehead atoms. The molecule has 2 aromatic rings. The quantitative estimate of drug-likeness (QED) is 0.798. The van der Waals surface area contributed by atoms with Crippen LogP contribution in [-0.4, -0.2) is 35.5 Å². The van der Waals surface area contributed by atoms with Crippen molar-refractivity contribution in [3.05, 3.63) is 54.4 Å². The Morgan fingerprint density at radius 1 is 1.15 bits per heavy atom. The summed E-state index contributed by atoms with van der Waals surface area (Å²) in [7, 11) is 0. The van der Waals surface area contributed by atoms with Gasteiger partial charge in [0, 0.05) is 31.3 Å². The predicted octanol–water partition coefficient (Wildman–Crippen LogP) is 3.59. The molecule has 1 fully saturated rings. The summed E-state index contributed by atoms with van der Waals surface area (Å²) >= 11 is 0.